The van der Waals surface area contributed by atoms with Gasteiger partial charge in [-0.15, -0.1) is 0 Å². The molecule has 0 aliphatic carbocycles. The molecule has 0 fully saturated rings. The summed E-state index contributed by atoms with van der Waals surface area (Å²) in [4.78, 5) is 0.394. The lowest BCUT2D eigenvalue weighted by atomic mass is 10.1. The van der Waals surface area contributed by atoms with Crippen molar-refractivity contribution in [1.82, 2.24) is 0 Å². The summed E-state index contributed by atoms with van der Waals surface area (Å²) in [6, 6.07) is 5.43. The molecule has 0 amide bonds. The van der Waals surface area contributed by atoms with Gasteiger partial charge in [-0.25, -0.2) is 8.42 Å². The maximum absolute atomic E-state index is 12.1. The van der Waals surface area contributed by atoms with Crippen LogP contribution in [0.3, 0.4) is 0 Å². The normalized spacial score (nSPS) is 12.8. The van der Waals surface area contributed by atoms with Gasteiger partial charge in [0.25, 0.3) is 0 Å². The Morgan fingerprint density at radius 2 is 1.81 bits per heavy atom. The Morgan fingerprint density at radius 3 is 2.31 bits per heavy atom. The van der Waals surface area contributed by atoms with E-state index in [4.69, 9.17) is 5.73 Å². The second-order valence-corrected chi connectivity index (χ2v) is 6.97. The molecule has 3 nitrogen and oxygen atoms in total. The van der Waals surface area contributed by atoms with Gasteiger partial charge in [-0.05, 0) is 44.9 Å². The summed E-state index contributed by atoms with van der Waals surface area (Å²) in [6.45, 7) is 7.12. The zero-order chi connectivity index (χ0) is 12.6. The topological polar surface area (TPSA) is 60.2 Å². The van der Waals surface area contributed by atoms with E-state index in [0.717, 1.165) is 11.1 Å². The van der Waals surface area contributed by atoms with Crippen molar-refractivity contribution in [3.63, 3.8) is 0 Å². The first-order valence-electron chi connectivity index (χ1n) is 5.21. The fraction of sp³-hybridized carbons (Fsp3) is 0.500. The van der Waals surface area contributed by atoms with Crippen LogP contribution in [0.4, 0.5) is 0 Å². The number of benzene rings is 1. The van der Waals surface area contributed by atoms with E-state index in [0.29, 0.717) is 4.90 Å². The average Bonchev–Trinajstić information content (AvgIpc) is 2.04. The molecule has 4 heteroatoms. The number of aryl methyl sites for hydroxylation is 2. The number of sulfone groups is 1. The van der Waals surface area contributed by atoms with E-state index in [1.54, 1.807) is 26.8 Å². The Bertz CT molecular complexity index is 484. The minimum absolute atomic E-state index is 0.0374. The lowest BCUT2D eigenvalue weighted by molar-refractivity contribution is 0.544. The SMILES string of the molecule is Cc1ccc(C)c(S(=O)(=O)CC(C)(C)N)c1. The molecule has 0 atom stereocenters. The van der Waals surface area contributed by atoms with Gasteiger partial charge in [0.2, 0.25) is 0 Å². The van der Waals surface area contributed by atoms with Gasteiger partial charge in [-0.1, -0.05) is 12.1 Å². The first-order valence-corrected chi connectivity index (χ1v) is 6.86. The maximum atomic E-state index is 12.1. The van der Waals surface area contributed by atoms with Crippen molar-refractivity contribution in [3.05, 3.63) is 29.3 Å². The number of hydrogen-bond acceptors (Lipinski definition) is 3. The zero-order valence-electron chi connectivity index (χ0n) is 10.2. The van der Waals surface area contributed by atoms with Gasteiger partial charge in [0.1, 0.15) is 0 Å². The Morgan fingerprint density at radius 1 is 1.25 bits per heavy atom. The highest BCUT2D eigenvalue weighted by Gasteiger charge is 2.25. The van der Waals surface area contributed by atoms with Crippen LogP contribution in [0.15, 0.2) is 23.1 Å². The third-order valence-electron chi connectivity index (χ3n) is 2.24. The largest absolute Gasteiger partial charge is 0.325 e. The van der Waals surface area contributed by atoms with Crippen molar-refractivity contribution < 1.29 is 8.42 Å². The molecule has 16 heavy (non-hydrogen) atoms. The standard InChI is InChI=1S/C12H19NO2S/c1-9-5-6-10(2)11(7-9)16(14,15)8-12(3,4)13/h5-7H,8,13H2,1-4H3. The quantitative estimate of drug-likeness (QED) is 0.878. The van der Waals surface area contributed by atoms with Crippen molar-refractivity contribution >= 4 is 9.84 Å². The van der Waals surface area contributed by atoms with Crippen molar-refractivity contribution in [1.29, 1.82) is 0 Å². The van der Waals surface area contributed by atoms with E-state index in [9.17, 15) is 8.42 Å². The second-order valence-electron chi connectivity index (χ2n) is 5.02. The van der Waals surface area contributed by atoms with E-state index >= 15 is 0 Å². The summed E-state index contributed by atoms with van der Waals surface area (Å²) in [5, 5.41) is 0. The van der Waals surface area contributed by atoms with E-state index in [2.05, 4.69) is 0 Å². The average molecular weight is 241 g/mol. The van der Waals surface area contributed by atoms with Crippen molar-refractivity contribution in [2.45, 2.75) is 38.1 Å². The lowest BCUT2D eigenvalue weighted by Gasteiger charge is -2.19. The fourth-order valence-corrected chi connectivity index (χ4v) is 3.67. The van der Waals surface area contributed by atoms with Crippen LogP contribution in [0.2, 0.25) is 0 Å². The van der Waals surface area contributed by atoms with Crippen LogP contribution in [0.5, 0.6) is 0 Å². The molecule has 0 unspecified atom stereocenters. The van der Waals surface area contributed by atoms with E-state index < -0.39 is 15.4 Å². The molecule has 0 aliphatic heterocycles. The molecule has 0 aliphatic rings. The zero-order valence-corrected chi connectivity index (χ0v) is 11.1. The van der Waals surface area contributed by atoms with Crippen molar-refractivity contribution in [2.24, 2.45) is 5.73 Å². The Balaban J connectivity index is 3.22. The predicted molar refractivity (Wildman–Crippen MR) is 66.2 cm³/mol. The van der Waals surface area contributed by atoms with Crippen molar-refractivity contribution in [2.75, 3.05) is 5.75 Å². The first kappa shape index (κ1) is 13.2. The van der Waals surface area contributed by atoms with Crippen LogP contribution in [0, 0.1) is 13.8 Å². The fourth-order valence-electron chi connectivity index (χ4n) is 1.61. The van der Waals surface area contributed by atoms with Crippen LogP contribution in [-0.4, -0.2) is 19.7 Å². The first-order chi connectivity index (χ1) is 7.12. The molecule has 1 aromatic carbocycles. The summed E-state index contributed by atoms with van der Waals surface area (Å²) in [6.07, 6.45) is 0. The van der Waals surface area contributed by atoms with Gasteiger partial charge in [-0.2, -0.15) is 0 Å². The minimum Gasteiger partial charge on any atom is -0.325 e. The summed E-state index contributed by atoms with van der Waals surface area (Å²) < 4.78 is 24.3. The van der Waals surface area contributed by atoms with Crippen LogP contribution in [0.1, 0.15) is 25.0 Å². The molecule has 0 radical (unpaired) electrons. The van der Waals surface area contributed by atoms with Crippen LogP contribution in [0.25, 0.3) is 0 Å². The molecule has 0 heterocycles. The third kappa shape index (κ3) is 3.32. The highest BCUT2D eigenvalue weighted by molar-refractivity contribution is 7.91. The van der Waals surface area contributed by atoms with Gasteiger partial charge < -0.3 is 5.73 Å². The molecule has 90 valence electrons. The molecule has 2 N–H and O–H groups in total. The molecular formula is C12H19NO2S. The summed E-state index contributed by atoms with van der Waals surface area (Å²) in [7, 11) is -3.30. The molecule has 1 aromatic rings. The lowest BCUT2D eigenvalue weighted by Crippen LogP contribution is -2.40. The molecule has 0 bridgehead atoms. The molecule has 1 rings (SSSR count). The Kier molecular flexibility index (Phi) is 3.45. The summed E-state index contributed by atoms with van der Waals surface area (Å²) in [5.41, 5.74) is 6.77. The molecular weight excluding hydrogens is 222 g/mol. The smallest absolute Gasteiger partial charge is 0.180 e. The summed E-state index contributed by atoms with van der Waals surface area (Å²) in [5.74, 6) is -0.0374. The summed E-state index contributed by atoms with van der Waals surface area (Å²) >= 11 is 0. The van der Waals surface area contributed by atoms with Crippen LogP contribution < -0.4 is 5.73 Å². The maximum Gasteiger partial charge on any atom is 0.180 e. The number of rotatable bonds is 3. The monoisotopic (exact) mass is 241 g/mol. The molecule has 0 spiro atoms. The highest BCUT2D eigenvalue weighted by atomic mass is 32.2. The molecule has 0 aromatic heterocycles. The molecule has 0 saturated heterocycles. The predicted octanol–water partition coefficient (Wildman–Crippen LogP) is 1.81. The Hall–Kier alpha value is -0.870. The second kappa shape index (κ2) is 4.18. The Labute approximate surface area is 97.6 Å². The van der Waals surface area contributed by atoms with Crippen LogP contribution >= 0.6 is 0 Å². The molecule has 0 saturated carbocycles. The van der Waals surface area contributed by atoms with E-state index in [1.165, 1.54) is 0 Å². The number of nitrogens with two attached hydrogens (primary N) is 1. The van der Waals surface area contributed by atoms with Gasteiger partial charge in [0.15, 0.2) is 9.84 Å². The number of hydrogen-bond donors (Lipinski definition) is 1. The van der Waals surface area contributed by atoms with E-state index in [-0.39, 0.29) is 5.75 Å². The van der Waals surface area contributed by atoms with Crippen molar-refractivity contribution in [3.8, 4) is 0 Å². The van der Waals surface area contributed by atoms with Gasteiger partial charge in [0.05, 0.1) is 10.6 Å². The van der Waals surface area contributed by atoms with Crippen LogP contribution in [-0.2, 0) is 9.84 Å². The van der Waals surface area contributed by atoms with Gasteiger partial charge in [0, 0.05) is 5.54 Å². The van der Waals surface area contributed by atoms with E-state index in [1.807, 2.05) is 19.1 Å². The van der Waals surface area contributed by atoms with Gasteiger partial charge in [-0.3, -0.25) is 0 Å². The third-order valence-corrected chi connectivity index (χ3v) is 4.47. The minimum atomic E-state index is -3.30. The highest BCUT2D eigenvalue weighted by Crippen LogP contribution is 2.20. The van der Waals surface area contributed by atoms with Gasteiger partial charge >= 0.3 is 0 Å².